The largest absolute Gasteiger partial charge is 0.376 e. The van der Waals surface area contributed by atoms with Gasteiger partial charge in [-0.3, -0.25) is 0 Å². The molecule has 0 aromatic heterocycles. The van der Waals surface area contributed by atoms with Gasteiger partial charge in [0.05, 0.1) is 6.10 Å². The molecule has 2 aliphatic heterocycles. The molecule has 0 amide bonds. The van der Waals surface area contributed by atoms with Gasteiger partial charge in [-0.1, -0.05) is 39.0 Å². The van der Waals surface area contributed by atoms with Crippen molar-refractivity contribution < 1.29 is 4.74 Å². The molecule has 0 radical (unpaired) electrons. The van der Waals surface area contributed by atoms with E-state index in [1.807, 2.05) is 0 Å². The predicted octanol–water partition coefficient (Wildman–Crippen LogP) is 3.80. The van der Waals surface area contributed by atoms with Gasteiger partial charge < -0.3 is 19.9 Å². The summed E-state index contributed by atoms with van der Waals surface area (Å²) in [4.78, 5) is 4.88. The molecule has 0 saturated carbocycles. The fraction of sp³-hybridized carbons (Fsp3) is 0.950. The molecule has 25 heavy (non-hydrogen) atoms. The van der Waals surface area contributed by atoms with Gasteiger partial charge in [-0.25, -0.2) is 0 Å². The molecule has 5 heteroatoms. The van der Waals surface area contributed by atoms with Crippen molar-refractivity contribution in [2.75, 3.05) is 39.8 Å². The summed E-state index contributed by atoms with van der Waals surface area (Å²) in [6, 6.07) is 0.574. The maximum absolute atomic E-state index is 5.89. The van der Waals surface area contributed by atoms with Crippen LogP contribution in [0.3, 0.4) is 0 Å². The Bertz CT molecular complexity index is 366. The van der Waals surface area contributed by atoms with Crippen LogP contribution in [0.5, 0.6) is 0 Å². The zero-order valence-corrected chi connectivity index (χ0v) is 17.3. The maximum atomic E-state index is 5.89. The summed E-state index contributed by atoms with van der Waals surface area (Å²) < 4.78 is 5.89. The van der Waals surface area contributed by atoms with Crippen LogP contribution in [-0.2, 0) is 4.74 Å². The third-order valence-electron chi connectivity index (χ3n) is 5.62. The lowest BCUT2D eigenvalue weighted by atomic mass is 10.0. The van der Waals surface area contributed by atoms with Gasteiger partial charge in [-0.05, 0) is 64.5 Å². The van der Waals surface area contributed by atoms with Crippen LogP contribution < -0.4 is 5.32 Å². The van der Waals surface area contributed by atoms with Gasteiger partial charge in [-0.15, -0.1) is 0 Å². The average molecular weight is 370 g/mol. The van der Waals surface area contributed by atoms with Crippen molar-refractivity contribution in [1.82, 2.24) is 15.1 Å². The van der Waals surface area contributed by atoms with Crippen LogP contribution in [0.15, 0.2) is 0 Å². The van der Waals surface area contributed by atoms with Crippen LogP contribution in [0, 0.1) is 0 Å². The Labute approximate surface area is 160 Å². The summed E-state index contributed by atoms with van der Waals surface area (Å²) >= 11 is 5.79. The van der Waals surface area contributed by atoms with E-state index in [1.54, 1.807) is 0 Å². The third-order valence-corrected chi connectivity index (χ3v) is 6.00. The van der Waals surface area contributed by atoms with Crippen LogP contribution in [-0.4, -0.2) is 66.9 Å². The van der Waals surface area contributed by atoms with E-state index in [-0.39, 0.29) is 0 Å². The maximum Gasteiger partial charge on any atom is 0.169 e. The standard InChI is InChI=1S/C20H39N3OS/c1-3-4-5-6-7-8-13-21-20(25)23(17-19-10-9-16-24-19)18-11-14-22(2)15-12-18/h18-19H,3-17H2,1-2H3,(H,21,25). The summed E-state index contributed by atoms with van der Waals surface area (Å²) in [5.74, 6) is 0. The fourth-order valence-electron chi connectivity index (χ4n) is 3.91. The zero-order chi connectivity index (χ0) is 17.9. The Hall–Kier alpha value is -0.390. The highest BCUT2D eigenvalue weighted by atomic mass is 32.1. The number of ether oxygens (including phenoxy) is 1. The van der Waals surface area contributed by atoms with Crippen LogP contribution >= 0.6 is 12.2 Å². The molecule has 0 spiro atoms. The summed E-state index contributed by atoms with van der Waals surface area (Å²) in [7, 11) is 2.22. The normalized spacial score (nSPS) is 22.2. The Balaban J connectivity index is 1.74. The van der Waals surface area contributed by atoms with E-state index in [0.29, 0.717) is 12.1 Å². The number of unbranched alkanes of at least 4 members (excludes halogenated alkanes) is 5. The first kappa shape index (κ1) is 20.9. The molecule has 146 valence electrons. The van der Waals surface area contributed by atoms with E-state index in [4.69, 9.17) is 17.0 Å². The molecule has 0 aliphatic carbocycles. The molecule has 1 N–H and O–H groups in total. The lowest BCUT2D eigenvalue weighted by Crippen LogP contribution is -2.52. The minimum Gasteiger partial charge on any atom is -0.376 e. The molecule has 1 unspecified atom stereocenters. The van der Waals surface area contributed by atoms with Crippen LogP contribution in [0.4, 0.5) is 0 Å². The van der Waals surface area contributed by atoms with Gasteiger partial charge in [0.2, 0.25) is 0 Å². The molecule has 2 aliphatic rings. The summed E-state index contributed by atoms with van der Waals surface area (Å²) in [5.41, 5.74) is 0. The monoisotopic (exact) mass is 369 g/mol. The molecule has 0 bridgehead atoms. The average Bonchev–Trinajstić information content (AvgIpc) is 3.13. The van der Waals surface area contributed by atoms with E-state index in [0.717, 1.165) is 24.8 Å². The second-order valence-electron chi connectivity index (χ2n) is 7.82. The van der Waals surface area contributed by atoms with Crippen molar-refractivity contribution in [3.63, 3.8) is 0 Å². The topological polar surface area (TPSA) is 27.7 Å². The number of nitrogens with zero attached hydrogens (tertiary/aromatic N) is 2. The molecule has 0 aromatic rings. The quantitative estimate of drug-likeness (QED) is 0.467. The van der Waals surface area contributed by atoms with Crippen molar-refractivity contribution in [3.05, 3.63) is 0 Å². The Morgan fingerprint density at radius 2 is 1.84 bits per heavy atom. The predicted molar refractivity (Wildman–Crippen MR) is 110 cm³/mol. The van der Waals surface area contributed by atoms with Crippen molar-refractivity contribution in [2.24, 2.45) is 0 Å². The van der Waals surface area contributed by atoms with Gasteiger partial charge in [0.15, 0.2) is 5.11 Å². The molecule has 2 fully saturated rings. The number of nitrogens with one attached hydrogen (secondary N) is 1. The molecule has 4 nitrogen and oxygen atoms in total. The number of piperidine rings is 1. The smallest absolute Gasteiger partial charge is 0.169 e. The minimum absolute atomic E-state index is 0.369. The summed E-state index contributed by atoms with van der Waals surface area (Å²) in [5, 5.41) is 4.50. The second-order valence-corrected chi connectivity index (χ2v) is 8.21. The van der Waals surface area contributed by atoms with E-state index in [9.17, 15) is 0 Å². The van der Waals surface area contributed by atoms with Gasteiger partial charge in [-0.2, -0.15) is 0 Å². The molecule has 1 atom stereocenters. The Morgan fingerprint density at radius 3 is 2.52 bits per heavy atom. The van der Waals surface area contributed by atoms with Crippen molar-refractivity contribution in [3.8, 4) is 0 Å². The molecule has 2 saturated heterocycles. The lowest BCUT2D eigenvalue weighted by molar-refractivity contribution is 0.0712. The Kier molecular flexibility index (Phi) is 10.1. The molecule has 2 rings (SSSR count). The van der Waals surface area contributed by atoms with Gasteiger partial charge in [0.25, 0.3) is 0 Å². The van der Waals surface area contributed by atoms with Crippen molar-refractivity contribution in [1.29, 1.82) is 0 Å². The van der Waals surface area contributed by atoms with Gasteiger partial charge in [0.1, 0.15) is 0 Å². The summed E-state index contributed by atoms with van der Waals surface area (Å²) in [6.07, 6.45) is 13.1. The number of hydrogen-bond acceptors (Lipinski definition) is 3. The van der Waals surface area contributed by atoms with E-state index >= 15 is 0 Å². The highest BCUT2D eigenvalue weighted by Gasteiger charge is 2.28. The number of thiocarbonyl (C=S) groups is 1. The second kappa shape index (κ2) is 12.1. The first-order valence-electron chi connectivity index (χ1n) is 10.5. The zero-order valence-electron chi connectivity index (χ0n) is 16.5. The summed E-state index contributed by atoms with van der Waals surface area (Å²) in [6.45, 7) is 7.52. The van der Waals surface area contributed by atoms with Crippen LogP contribution in [0.2, 0.25) is 0 Å². The number of likely N-dealkylation sites (tertiary alicyclic amines) is 1. The van der Waals surface area contributed by atoms with Crippen molar-refractivity contribution >= 4 is 17.3 Å². The van der Waals surface area contributed by atoms with Gasteiger partial charge >= 0.3 is 0 Å². The third kappa shape index (κ3) is 7.79. The highest BCUT2D eigenvalue weighted by Crippen LogP contribution is 2.20. The molecule has 2 heterocycles. The van der Waals surface area contributed by atoms with E-state index in [2.05, 4.69) is 29.1 Å². The minimum atomic E-state index is 0.369. The van der Waals surface area contributed by atoms with Gasteiger partial charge in [0, 0.05) is 25.7 Å². The van der Waals surface area contributed by atoms with Crippen LogP contribution in [0.1, 0.15) is 71.1 Å². The highest BCUT2D eigenvalue weighted by molar-refractivity contribution is 7.80. The van der Waals surface area contributed by atoms with E-state index in [1.165, 1.54) is 77.3 Å². The van der Waals surface area contributed by atoms with Crippen LogP contribution in [0.25, 0.3) is 0 Å². The first-order chi connectivity index (χ1) is 12.2. The SMILES string of the molecule is CCCCCCCCNC(=S)N(CC1CCCO1)C1CCN(C)CC1. The number of hydrogen-bond donors (Lipinski definition) is 1. The fourth-order valence-corrected chi connectivity index (χ4v) is 4.24. The van der Waals surface area contributed by atoms with Crippen molar-refractivity contribution in [2.45, 2.75) is 83.3 Å². The molecular weight excluding hydrogens is 330 g/mol. The first-order valence-corrected chi connectivity index (χ1v) is 11.0. The molecular formula is C20H39N3OS. The number of rotatable bonds is 10. The molecule has 0 aromatic carbocycles. The Morgan fingerprint density at radius 1 is 1.12 bits per heavy atom. The van der Waals surface area contributed by atoms with E-state index < -0.39 is 0 Å². The lowest BCUT2D eigenvalue weighted by Gasteiger charge is -2.40.